The summed E-state index contributed by atoms with van der Waals surface area (Å²) in [5, 5.41) is 3.87. The molecule has 0 bridgehead atoms. The van der Waals surface area contributed by atoms with Crippen LogP contribution < -0.4 is 11.3 Å². The summed E-state index contributed by atoms with van der Waals surface area (Å²) in [7, 11) is 0. The largest absolute Gasteiger partial charge is 0.366 e. The highest BCUT2D eigenvalue weighted by Crippen LogP contribution is 2.17. The fraction of sp³-hybridized carbons (Fsp3) is 0. The van der Waals surface area contributed by atoms with Crippen molar-refractivity contribution in [3.63, 3.8) is 0 Å². The van der Waals surface area contributed by atoms with Crippen molar-refractivity contribution in [3.8, 4) is 5.82 Å². The van der Waals surface area contributed by atoms with Crippen LogP contribution in [0.15, 0.2) is 20.3 Å². The molecule has 9 heteroatoms. The molecule has 7 nitrogen and oxygen atoms in total. The molecule has 2 heterocycles. The lowest BCUT2D eigenvalue weighted by Gasteiger charge is -2.01. The number of hydrogen-bond donors (Lipinski definition) is 2. The quantitative estimate of drug-likeness (QED) is 0.788. The molecule has 0 atom stereocenters. The second-order valence-electron chi connectivity index (χ2n) is 2.52. The molecule has 3 N–H and O–H groups in total. The molecule has 0 aliphatic carbocycles. The van der Waals surface area contributed by atoms with E-state index in [9.17, 15) is 4.79 Å². The van der Waals surface area contributed by atoms with Gasteiger partial charge >= 0.3 is 0 Å². The fourth-order valence-corrected chi connectivity index (χ4v) is 1.78. The van der Waals surface area contributed by atoms with Crippen molar-refractivity contribution in [1.29, 1.82) is 0 Å². The number of H-pyrrole nitrogens is 1. The molecule has 0 aliphatic heterocycles. The van der Waals surface area contributed by atoms with E-state index in [1.54, 1.807) is 0 Å². The van der Waals surface area contributed by atoms with Gasteiger partial charge in [-0.1, -0.05) is 0 Å². The smallest absolute Gasteiger partial charge is 0.267 e. The van der Waals surface area contributed by atoms with Crippen LogP contribution in [0.4, 0.5) is 5.95 Å². The van der Waals surface area contributed by atoms with Crippen LogP contribution >= 0.6 is 31.9 Å². The van der Waals surface area contributed by atoms with Gasteiger partial charge in [0.1, 0.15) is 4.47 Å². The normalized spacial score (nSPS) is 10.5. The standard InChI is InChI=1S/C6H4Br2N6O/c7-2-3(10-1-11-4(2)15)14-5(8)12-6(9)13-14/h1H,(H2,9,13)(H,10,11,15). The zero-order valence-electron chi connectivity index (χ0n) is 7.11. The number of aromatic amines is 1. The number of halogens is 2. The molecule has 2 rings (SSSR count). The molecule has 0 saturated carbocycles. The first-order valence-electron chi connectivity index (χ1n) is 3.71. The van der Waals surface area contributed by atoms with E-state index in [-0.39, 0.29) is 16.0 Å². The molecule has 2 aromatic heterocycles. The van der Waals surface area contributed by atoms with E-state index in [0.717, 1.165) is 0 Å². The first-order chi connectivity index (χ1) is 7.09. The molecule has 0 fully saturated rings. The highest BCUT2D eigenvalue weighted by Gasteiger charge is 2.13. The first kappa shape index (κ1) is 10.3. The molecule has 15 heavy (non-hydrogen) atoms. The van der Waals surface area contributed by atoms with Crippen molar-refractivity contribution in [1.82, 2.24) is 24.7 Å². The van der Waals surface area contributed by atoms with Crippen molar-refractivity contribution in [2.75, 3.05) is 5.73 Å². The average Bonchev–Trinajstić information content (AvgIpc) is 2.50. The van der Waals surface area contributed by atoms with Crippen molar-refractivity contribution < 1.29 is 0 Å². The van der Waals surface area contributed by atoms with Crippen LogP contribution in [0.1, 0.15) is 0 Å². The summed E-state index contributed by atoms with van der Waals surface area (Å²) >= 11 is 6.25. The van der Waals surface area contributed by atoms with E-state index in [1.807, 2.05) is 0 Å². The molecule has 2 aromatic rings. The maximum absolute atomic E-state index is 11.3. The topological polar surface area (TPSA) is 102 Å². The third kappa shape index (κ3) is 1.79. The maximum atomic E-state index is 11.3. The van der Waals surface area contributed by atoms with Crippen LogP contribution in [-0.4, -0.2) is 24.7 Å². The Morgan fingerprint density at radius 3 is 2.80 bits per heavy atom. The van der Waals surface area contributed by atoms with E-state index in [0.29, 0.717) is 10.6 Å². The van der Waals surface area contributed by atoms with Gasteiger partial charge in [0.05, 0.1) is 6.33 Å². The van der Waals surface area contributed by atoms with Crippen molar-refractivity contribution in [2.45, 2.75) is 0 Å². The summed E-state index contributed by atoms with van der Waals surface area (Å²) in [5.74, 6) is 0.408. The summed E-state index contributed by atoms with van der Waals surface area (Å²) in [6.07, 6.45) is 1.27. The Kier molecular flexibility index (Phi) is 2.57. The Morgan fingerprint density at radius 1 is 1.47 bits per heavy atom. The molecule has 78 valence electrons. The van der Waals surface area contributed by atoms with E-state index in [4.69, 9.17) is 5.73 Å². The second kappa shape index (κ2) is 3.74. The molecule has 0 radical (unpaired) electrons. The summed E-state index contributed by atoms with van der Waals surface area (Å²) in [6.45, 7) is 0. The predicted octanol–water partition coefficient (Wildman–Crippen LogP) is 0.458. The van der Waals surface area contributed by atoms with Gasteiger partial charge in [0.15, 0.2) is 5.82 Å². The van der Waals surface area contributed by atoms with Gasteiger partial charge in [0, 0.05) is 0 Å². The number of anilines is 1. The van der Waals surface area contributed by atoms with Crippen LogP contribution in [0.2, 0.25) is 0 Å². The van der Waals surface area contributed by atoms with E-state index < -0.39 is 0 Å². The highest BCUT2D eigenvalue weighted by molar-refractivity contribution is 9.10. The Labute approximate surface area is 100.0 Å². The maximum Gasteiger partial charge on any atom is 0.267 e. The van der Waals surface area contributed by atoms with E-state index >= 15 is 0 Å². The van der Waals surface area contributed by atoms with Crippen molar-refractivity contribution in [2.24, 2.45) is 0 Å². The summed E-state index contributed by atoms with van der Waals surface area (Å²) in [5.41, 5.74) is 5.10. The lowest BCUT2D eigenvalue weighted by molar-refractivity contribution is 0.810. The number of nitrogens with one attached hydrogen (secondary N) is 1. The zero-order chi connectivity index (χ0) is 11.0. The van der Waals surface area contributed by atoms with Gasteiger partial charge in [-0.25, -0.2) is 4.98 Å². The molecule has 0 unspecified atom stereocenters. The van der Waals surface area contributed by atoms with Gasteiger partial charge < -0.3 is 10.7 Å². The van der Waals surface area contributed by atoms with E-state index in [1.165, 1.54) is 11.0 Å². The average molecular weight is 336 g/mol. The van der Waals surface area contributed by atoms with Gasteiger partial charge in [-0.2, -0.15) is 9.67 Å². The Hall–Kier alpha value is -1.22. The molecular formula is C6H4Br2N6O. The highest BCUT2D eigenvalue weighted by atomic mass is 79.9. The van der Waals surface area contributed by atoms with Gasteiger partial charge in [0.2, 0.25) is 10.7 Å². The zero-order valence-corrected chi connectivity index (χ0v) is 10.3. The van der Waals surface area contributed by atoms with Crippen LogP contribution in [-0.2, 0) is 0 Å². The summed E-state index contributed by atoms with van der Waals surface area (Å²) in [4.78, 5) is 21.5. The molecule has 0 saturated heterocycles. The molecular weight excluding hydrogens is 332 g/mol. The van der Waals surface area contributed by atoms with E-state index in [2.05, 4.69) is 51.9 Å². The molecule has 0 spiro atoms. The Morgan fingerprint density at radius 2 is 2.20 bits per heavy atom. The van der Waals surface area contributed by atoms with Gasteiger partial charge in [-0.05, 0) is 31.9 Å². The number of aromatic nitrogens is 5. The minimum absolute atomic E-state index is 0.0934. The minimum atomic E-state index is -0.305. The number of nitrogen functional groups attached to an aromatic ring is 1. The van der Waals surface area contributed by atoms with Gasteiger partial charge in [-0.15, -0.1) is 5.10 Å². The second-order valence-corrected chi connectivity index (χ2v) is 4.02. The lowest BCUT2D eigenvalue weighted by atomic mass is 10.6. The fourth-order valence-electron chi connectivity index (χ4n) is 0.964. The molecule has 0 aliphatic rings. The van der Waals surface area contributed by atoms with Crippen LogP contribution in [0.5, 0.6) is 0 Å². The number of nitrogens with zero attached hydrogens (tertiary/aromatic N) is 4. The molecule has 0 amide bonds. The van der Waals surface area contributed by atoms with Crippen LogP contribution in [0.3, 0.4) is 0 Å². The van der Waals surface area contributed by atoms with Crippen molar-refractivity contribution in [3.05, 3.63) is 25.9 Å². The summed E-state index contributed by atoms with van der Waals surface area (Å²) < 4.78 is 1.95. The predicted molar refractivity (Wildman–Crippen MR) is 59.6 cm³/mol. The number of hydrogen-bond acceptors (Lipinski definition) is 5. The third-order valence-corrected chi connectivity index (χ3v) is 2.79. The van der Waals surface area contributed by atoms with Crippen molar-refractivity contribution >= 4 is 37.8 Å². The minimum Gasteiger partial charge on any atom is -0.366 e. The van der Waals surface area contributed by atoms with Gasteiger partial charge in [-0.3, -0.25) is 4.79 Å². The number of rotatable bonds is 1. The Bertz CT molecular complexity index is 561. The van der Waals surface area contributed by atoms with Gasteiger partial charge in [0.25, 0.3) is 5.56 Å². The molecule has 0 aromatic carbocycles. The van der Waals surface area contributed by atoms with Crippen LogP contribution in [0.25, 0.3) is 5.82 Å². The lowest BCUT2D eigenvalue weighted by Crippen LogP contribution is -2.13. The first-order valence-corrected chi connectivity index (χ1v) is 5.30. The number of nitrogens with two attached hydrogens (primary N) is 1. The monoisotopic (exact) mass is 334 g/mol. The van der Waals surface area contributed by atoms with Crippen LogP contribution in [0, 0.1) is 0 Å². The SMILES string of the molecule is Nc1nc(Br)n(-c2nc[nH]c(=O)c2Br)n1. The third-order valence-electron chi connectivity index (χ3n) is 1.56. The summed E-state index contributed by atoms with van der Waals surface area (Å²) in [6, 6.07) is 0. The Balaban J connectivity index is 2.69.